The van der Waals surface area contributed by atoms with Crippen LogP contribution in [0.2, 0.25) is 0 Å². The number of nitrogens with one attached hydrogen (secondary N) is 2. The molecule has 4 rings (SSSR count). The van der Waals surface area contributed by atoms with Crippen molar-refractivity contribution in [3.05, 3.63) is 68.3 Å². The second-order valence-electron chi connectivity index (χ2n) is 6.36. The third-order valence-corrected chi connectivity index (χ3v) is 5.48. The van der Waals surface area contributed by atoms with Crippen molar-refractivity contribution in [3.8, 4) is 0 Å². The fourth-order valence-electron chi connectivity index (χ4n) is 3.28. The maximum atomic E-state index is 12.4. The molecule has 0 unspecified atom stereocenters. The number of aromatic nitrogens is 3. The van der Waals surface area contributed by atoms with E-state index in [9.17, 15) is 14.4 Å². The largest absolute Gasteiger partial charge is 0.354 e. The van der Waals surface area contributed by atoms with Crippen LogP contribution in [-0.2, 0) is 24.8 Å². The van der Waals surface area contributed by atoms with Crippen molar-refractivity contribution in [1.29, 1.82) is 0 Å². The fraction of sp³-hybridized carbons (Fsp3) is 0.211. The molecule has 0 aliphatic carbocycles. The van der Waals surface area contributed by atoms with Gasteiger partial charge in [-0.3, -0.25) is 14.2 Å². The molecule has 7 nitrogen and oxygen atoms in total. The van der Waals surface area contributed by atoms with Crippen LogP contribution in [0.3, 0.4) is 0 Å². The summed E-state index contributed by atoms with van der Waals surface area (Å²) in [5.74, 6) is -0.145. The number of hydrogen-bond donors (Lipinski definition) is 2. The Bertz CT molecular complexity index is 1260. The number of benzene rings is 1. The number of nitrogens with zero attached hydrogens (tertiary/aromatic N) is 2. The number of fused-ring (bicyclic) bond motifs is 2. The lowest BCUT2D eigenvalue weighted by Crippen LogP contribution is -2.39. The molecule has 27 heavy (non-hydrogen) atoms. The van der Waals surface area contributed by atoms with Gasteiger partial charge < -0.3 is 14.9 Å². The molecule has 3 aromatic heterocycles. The summed E-state index contributed by atoms with van der Waals surface area (Å²) in [7, 11) is 1.95. The lowest BCUT2D eigenvalue weighted by Gasteiger charge is -2.07. The maximum Gasteiger partial charge on any atom is 0.328 e. The number of H-pyrrole nitrogens is 1. The van der Waals surface area contributed by atoms with Crippen molar-refractivity contribution in [2.75, 3.05) is 6.54 Å². The van der Waals surface area contributed by atoms with Gasteiger partial charge in [0, 0.05) is 37.2 Å². The standard InChI is InChI=1S/C19H18N4O3S/c1-22-11-12(13-4-2-3-5-15(13)22)10-16(24)20-7-8-23-18(25)17-14(6-9-27-17)21-19(23)26/h2-6,9,11H,7-8,10H2,1H3,(H,20,24)(H,21,26). The molecule has 4 aromatic rings. The third-order valence-electron chi connectivity index (χ3n) is 4.58. The summed E-state index contributed by atoms with van der Waals surface area (Å²) in [6, 6.07) is 9.62. The molecule has 3 heterocycles. The summed E-state index contributed by atoms with van der Waals surface area (Å²) in [6.07, 6.45) is 2.20. The van der Waals surface area contributed by atoms with E-state index >= 15 is 0 Å². The summed E-state index contributed by atoms with van der Waals surface area (Å²) in [5.41, 5.74) is 1.77. The smallest absolute Gasteiger partial charge is 0.328 e. The molecule has 0 aliphatic rings. The molecule has 0 saturated carbocycles. The first-order chi connectivity index (χ1) is 13.0. The molecule has 0 radical (unpaired) electrons. The molecular formula is C19H18N4O3S. The summed E-state index contributed by atoms with van der Waals surface area (Å²) < 4.78 is 3.63. The number of thiophene rings is 1. The fourth-order valence-corrected chi connectivity index (χ4v) is 4.08. The van der Waals surface area contributed by atoms with Gasteiger partial charge in [-0.15, -0.1) is 11.3 Å². The number of para-hydroxylation sites is 1. The van der Waals surface area contributed by atoms with Gasteiger partial charge >= 0.3 is 5.69 Å². The van der Waals surface area contributed by atoms with E-state index in [1.165, 1.54) is 11.3 Å². The van der Waals surface area contributed by atoms with Gasteiger partial charge in [-0.1, -0.05) is 18.2 Å². The van der Waals surface area contributed by atoms with E-state index in [1.54, 1.807) is 11.4 Å². The van der Waals surface area contributed by atoms with Crippen molar-refractivity contribution in [2.24, 2.45) is 7.05 Å². The minimum Gasteiger partial charge on any atom is -0.354 e. The third kappa shape index (κ3) is 3.19. The summed E-state index contributed by atoms with van der Waals surface area (Å²) >= 11 is 1.29. The molecule has 2 N–H and O–H groups in total. The first kappa shape index (κ1) is 17.3. The highest BCUT2D eigenvalue weighted by Gasteiger charge is 2.11. The van der Waals surface area contributed by atoms with Crippen molar-refractivity contribution in [1.82, 2.24) is 19.4 Å². The molecule has 0 aliphatic heterocycles. The number of carbonyl (C=O) groups excluding carboxylic acids is 1. The second kappa shape index (κ2) is 6.88. The average Bonchev–Trinajstić information content (AvgIpc) is 3.23. The monoisotopic (exact) mass is 382 g/mol. The normalized spacial score (nSPS) is 11.3. The van der Waals surface area contributed by atoms with Gasteiger partial charge in [-0.2, -0.15) is 0 Å². The molecule has 0 bridgehead atoms. The maximum absolute atomic E-state index is 12.4. The van der Waals surface area contributed by atoms with Crippen LogP contribution in [0.1, 0.15) is 5.56 Å². The highest BCUT2D eigenvalue weighted by molar-refractivity contribution is 7.17. The quantitative estimate of drug-likeness (QED) is 0.549. The van der Waals surface area contributed by atoms with Gasteiger partial charge in [0.1, 0.15) is 4.70 Å². The van der Waals surface area contributed by atoms with Gasteiger partial charge in [0.25, 0.3) is 5.56 Å². The Morgan fingerprint density at radius 3 is 2.89 bits per heavy atom. The van der Waals surface area contributed by atoms with Crippen molar-refractivity contribution in [3.63, 3.8) is 0 Å². The number of carbonyl (C=O) groups is 1. The Kier molecular flexibility index (Phi) is 4.41. The predicted molar refractivity (Wildman–Crippen MR) is 106 cm³/mol. The van der Waals surface area contributed by atoms with Crippen LogP contribution in [0.4, 0.5) is 0 Å². The summed E-state index contributed by atoms with van der Waals surface area (Å²) in [5, 5.41) is 5.60. The van der Waals surface area contributed by atoms with E-state index in [2.05, 4.69) is 10.3 Å². The zero-order chi connectivity index (χ0) is 19.0. The highest BCUT2D eigenvalue weighted by atomic mass is 32.1. The van der Waals surface area contributed by atoms with Gasteiger partial charge in [0.15, 0.2) is 0 Å². The van der Waals surface area contributed by atoms with E-state index < -0.39 is 5.69 Å². The molecule has 0 saturated heterocycles. The van der Waals surface area contributed by atoms with Crippen molar-refractivity contribution >= 4 is 38.4 Å². The van der Waals surface area contributed by atoms with E-state index in [0.29, 0.717) is 10.2 Å². The lowest BCUT2D eigenvalue weighted by atomic mass is 10.1. The minimum absolute atomic E-state index is 0.128. The van der Waals surface area contributed by atoms with Crippen molar-refractivity contribution in [2.45, 2.75) is 13.0 Å². The van der Waals surface area contributed by atoms with Gasteiger partial charge in [0.05, 0.1) is 11.9 Å². The number of rotatable bonds is 5. The molecule has 0 atom stereocenters. The lowest BCUT2D eigenvalue weighted by molar-refractivity contribution is -0.120. The van der Waals surface area contributed by atoms with Gasteiger partial charge in [0.2, 0.25) is 5.91 Å². The van der Waals surface area contributed by atoms with Crippen LogP contribution in [0, 0.1) is 0 Å². The average molecular weight is 382 g/mol. The zero-order valence-electron chi connectivity index (χ0n) is 14.7. The topological polar surface area (TPSA) is 88.9 Å². The summed E-state index contributed by atoms with van der Waals surface area (Å²) in [6.45, 7) is 0.340. The zero-order valence-corrected chi connectivity index (χ0v) is 15.5. The first-order valence-electron chi connectivity index (χ1n) is 8.54. The van der Waals surface area contributed by atoms with Crippen LogP contribution in [-0.4, -0.2) is 26.6 Å². The Morgan fingerprint density at radius 1 is 1.22 bits per heavy atom. The number of hydrogen-bond acceptors (Lipinski definition) is 4. The Morgan fingerprint density at radius 2 is 2.04 bits per heavy atom. The van der Waals surface area contributed by atoms with Gasteiger partial charge in [-0.05, 0) is 23.1 Å². The van der Waals surface area contributed by atoms with E-state index in [0.717, 1.165) is 21.0 Å². The number of amides is 1. The number of aromatic amines is 1. The first-order valence-corrected chi connectivity index (χ1v) is 9.42. The Hall–Kier alpha value is -3.13. The van der Waals surface area contributed by atoms with E-state index in [4.69, 9.17) is 0 Å². The Labute approximate surface area is 157 Å². The molecule has 138 valence electrons. The molecule has 1 aromatic carbocycles. The van der Waals surface area contributed by atoms with Crippen LogP contribution in [0.15, 0.2) is 51.5 Å². The summed E-state index contributed by atoms with van der Waals surface area (Å²) in [4.78, 5) is 39.4. The van der Waals surface area contributed by atoms with Gasteiger partial charge in [-0.25, -0.2) is 4.79 Å². The van der Waals surface area contributed by atoms with Crippen LogP contribution >= 0.6 is 11.3 Å². The van der Waals surface area contributed by atoms with Crippen LogP contribution in [0.5, 0.6) is 0 Å². The molecule has 0 fully saturated rings. The molecule has 0 spiro atoms. The van der Waals surface area contributed by atoms with E-state index in [-0.39, 0.29) is 31.0 Å². The SMILES string of the molecule is Cn1cc(CC(=O)NCCn2c(=O)[nH]c3ccsc3c2=O)c2ccccc21. The second-order valence-corrected chi connectivity index (χ2v) is 7.28. The Balaban J connectivity index is 1.44. The molecule has 8 heteroatoms. The molecular weight excluding hydrogens is 364 g/mol. The van der Waals surface area contributed by atoms with E-state index in [1.807, 2.05) is 42.1 Å². The van der Waals surface area contributed by atoms with Crippen molar-refractivity contribution < 1.29 is 4.79 Å². The highest BCUT2D eigenvalue weighted by Crippen LogP contribution is 2.20. The predicted octanol–water partition coefficient (Wildman–Crippen LogP) is 1.60. The molecule has 1 amide bonds. The van der Waals surface area contributed by atoms with Crippen LogP contribution in [0.25, 0.3) is 21.1 Å². The van der Waals surface area contributed by atoms with Crippen LogP contribution < -0.4 is 16.6 Å². The minimum atomic E-state index is -0.464. The number of aryl methyl sites for hydroxylation is 1.